The molecule has 0 spiro atoms. The zero-order valence-corrected chi connectivity index (χ0v) is 18.2. The average Bonchev–Trinajstić information content (AvgIpc) is 3.63. The number of carbonyl (C=O) groups is 3. The van der Waals surface area contributed by atoms with Crippen LogP contribution in [0.1, 0.15) is 27.1 Å². The highest BCUT2D eigenvalue weighted by Gasteiger charge is 2.32. The van der Waals surface area contributed by atoms with Gasteiger partial charge in [0.25, 0.3) is 17.6 Å². The molecule has 2 aromatic carbocycles. The van der Waals surface area contributed by atoms with Crippen molar-refractivity contribution in [3.63, 3.8) is 0 Å². The zero-order valence-electron chi connectivity index (χ0n) is 18.2. The molecule has 3 heterocycles. The molecular weight excluding hydrogens is 437 g/mol. The number of benzene rings is 2. The predicted octanol–water partition coefficient (Wildman–Crippen LogP) is 3.16. The maximum Gasteiger partial charge on any atom is 0.295 e. The van der Waals surface area contributed by atoms with Crippen LogP contribution in [0.5, 0.6) is 0 Å². The molecule has 0 aliphatic carbocycles. The molecule has 1 saturated heterocycles. The van der Waals surface area contributed by atoms with E-state index in [9.17, 15) is 18.8 Å². The van der Waals surface area contributed by atoms with Gasteiger partial charge in [0.1, 0.15) is 5.82 Å². The van der Waals surface area contributed by atoms with Crippen LogP contribution in [-0.2, 0) is 4.79 Å². The Morgan fingerprint density at radius 2 is 1.94 bits per heavy atom. The van der Waals surface area contributed by atoms with Gasteiger partial charge in [0.2, 0.25) is 0 Å². The number of nitrogens with one attached hydrogen (secondary N) is 3. The first-order valence-electron chi connectivity index (χ1n) is 11.0. The quantitative estimate of drug-likeness (QED) is 0.304. The third kappa shape index (κ3) is 3.96. The summed E-state index contributed by atoms with van der Waals surface area (Å²) in [6, 6.07) is 13.5. The van der Waals surface area contributed by atoms with E-state index in [4.69, 9.17) is 0 Å². The van der Waals surface area contributed by atoms with Gasteiger partial charge in [-0.25, -0.2) is 4.39 Å². The van der Waals surface area contributed by atoms with Crippen LogP contribution in [-0.4, -0.2) is 57.3 Å². The van der Waals surface area contributed by atoms with E-state index in [-0.39, 0.29) is 22.8 Å². The topological polar surface area (TPSA) is 111 Å². The fraction of sp³-hybridized carbons (Fsp3) is 0.200. The number of rotatable bonds is 6. The van der Waals surface area contributed by atoms with Crippen LogP contribution in [0, 0.1) is 11.7 Å². The third-order valence-corrected chi connectivity index (χ3v) is 6.16. The number of Topliss-reactive ketones (excluding diaryl/α,β-unsaturated/α-hetero) is 1. The second-order valence-corrected chi connectivity index (χ2v) is 8.32. The highest BCUT2D eigenvalue weighted by atomic mass is 19.1. The molecule has 8 nitrogen and oxygen atoms in total. The summed E-state index contributed by atoms with van der Waals surface area (Å²) < 4.78 is 14.7. The molecule has 3 N–H and O–H groups in total. The molecule has 4 aromatic rings. The highest BCUT2D eigenvalue weighted by Crippen LogP contribution is 2.31. The molecule has 0 radical (unpaired) electrons. The lowest BCUT2D eigenvalue weighted by Crippen LogP contribution is -2.36. The second-order valence-electron chi connectivity index (χ2n) is 8.32. The maximum absolute atomic E-state index is 14.7. The van der Waals surface area contributed by atoms with E-state index >= 15 is 0 Å². The smallest absolute Gasteiger partial charge is 0.295 e. The van der Waals surface area contributed by atoms with Gasteiger partial charge in [0.15, 0.2) is 0 Å². The monoisotopic (exact) mass is 459 g/mol. The van der Waals surface area contributed by atoms with Gasteiger partial charge in [0, 0.05) is 48.5 Å². The highest BCUT2D eigenvalue weighted by molar-refractivity contribution is 6.45. The number of carbonyl (C=O) groups excluding carboxylic acids is 3. The van der Waals surface area contributed by atoms with Crippen molar-refractivity contribution in [2.75, 3.05) is 19.6 Å². The Labute approximate surface area is 194 Å². The zero-order chi connectivity index (χ0) is 23.7. The van der Waals surface area contributed by atoms with Gasteiger partial charge in [-0.3, -0.25) is 19.5 Å². The third-order valence-electron chi connectivity index (χ3n) is 6.16. The van der Waals surface area contributed by atoms with Gasteiger partial charge < -0.3 is 15.2 Å². The molecule has 1 atom stereocenters. The molecule has 34 heavy (non-hydrogen) atoms. The number of H-pyrrole nitrogens is 2. The molecular formula is C25H22FN5O3. The number of ketones is 1. The number of fused-ring (bicyclic) bond motifs is 1. The minimum absolute atomic E-state index is 0.00397. The Hall–Kier alpha value is -4.27. The van der Waals surface area contributed by atoms with Crippen LogP contribution in [0.25, 0.3) is 22.2 Å². The summed E-state index contributed by atoms with van der Waals surface area (Å²) in [5, 5.41) is 9.79. The van der Waals surface area contributed by atoms with Gasteiger partial charge in [-0.2, -0.15) is 5.10 Å². The number of halogens is 1. The largest absolute Gasteiger partial charge is 0.360 e. The van der Waals surface area contributed by atoms with E-state index in [1.807, 2.05) is 6.07 Å². The van der Waals surface area contributed by atoms with Gasteiger partial charge >= 0.3 is 0 Å². The van der Waals surface area contributed by atoms with Gasteiger partial charge in [-0.05, 0) is 42.7 Å². The summed E-state index contributed by atoms with van der Waals surface area (Å²) in [4.78, 5) is 42.7. The van der Waals surface area contributed by atoms with Crippen molar-refractivity contribution < 1.29 is 18.8 Å². The van der Waals surface area contributed by atoms with Crippen molar-refractivity contribution in [2.45, 2.75) is 6.42 Å². The van der Waals surface area contributed by atoms with Crippen molar-refractivity contribution in [2.24, 2.45) is 5.92 Å². The molecule has 0 saturated carbocycles. The number of aromatic nitrogens is 3. The van der Waals surface area contributed by atoms with Crippen LogP contribution in [0.3, 0.4) is 0 Å². The van der Waals surface area contributed by atoms with E-state index in [1.165, 1.54) is 17.2 Å². The Balaban J connectivity index is 1.28. The molecule has 5 rings (SSSR count). The van der Waals surface area contributed by atoms with Crippen molar-refractivity contribution in [3.8, 4) is 11.3 Å². The average molecular weight is 459 g/mol. The first-order chi connectivity index (χ1) is 16.5. The maximum atomic E-state index is 14.7. The van der Waals surface area contributed by atoms with E-state index in [0.717, 1.165) is 0 Å². The number of hydrogen-bond donors (Lipinski definition) is 3. The van der Waals surface area contributed by atoms with Crippen LogP contribution in [0.4, 0.5) is 4.39 Å². The van der Waals surface area contributed by atoms with Crippen LogP contribution in [0.15, 0.2) is 60.9 Å². The van der Waals surface area contributed by atoms with E-state index < -0.39 is 17.5 Å². The molecule has 0 unspecified atom stereocenters. The number of hydrogen-bond acceptors (Lipinski definition) is 4. The summed E-state index contributed by atoms with van der Waals surface area (Å²) >= 11 is 0. The Morgan fingerprint density at radius 1 is 1.12 bits per heavy atom. The standard InChI is InChI=1S/C25H22FN5O3/c26-19-7-6-17(20-8-10-29-30-20)22-21(19)18(13-27-22)23(32)25(34)31-11-9-15(14-31)12-28-24(33)16-4-2-1-3-5-16/h1-8,10,13,15,27H,9,11-12,14H2,(H,28,33)(H,29,30)/t15-/m1/s1. The van der Waals surface area contributed by atoms with E-state index in [1.54, 1.807) is 42.6 Å². The second kappa shape index (κ2) is 8.93. The summed E-state index contributed by atoms with van der Waals surface area (Å²) in [6.07, 6.45) is 3.69. The first-order valence-corrected chi connectivity index (χ1v) is 11.0. The lowest BCUT2D eigenvalue weighted by atomic mass is 10.0. The van der Waals surface area contributed by atoms with Gasteiger partial charge in [-0.1, -0.05) is 18.2 Å². The summed E-state index contributed by atoms with van der Waals surface area (Å²) in [5.74, 6) is -2.17. The lowest BCUT2D eigenvalue weighted by molar-refractivity contribution is -0.125. The molecule has 1 fully saturated rings. The van der Waals surface area contributed by atoms with E-state index in [2.05, 4.69) is 20.5 Å². The fourth-order valence-electron chi connectivity index (χ4n) is 4.38. The SMILES string of the molecule is O=C(NC[C@H]1CCN(C(=O)C(=O)c2c[nH]c3c(-c4cc[nH]n4)ccc(F)c23)C1)c1ccccc1. The molecule has 1 aliphatic rings. The van der Waals surface area contributed by atoms with E-state index in [0.29, 0.717) is 48.4 Å². The van der Waals surface area contributed by atoms with Crippen molar-refractivity contribution in [1.82, 2.24) is 25.4 Å². The minimum atomic E-state index is -0.765. The summed E-state index contributed by atoms with van der Waals surface area (Å²) in [6.45, 7) is 1.16. The summed E-state index contributed by atoms with van der Waals surface area (Å²) in [7, 11) is 0. The molecule has 9 heteroatoms. The Bertz CT molecular complexity index is 1360. The molecule has 2 amide bonds. The first kappa shape index (κ1) is 21.6. The number of amides is 2. The Morgan fingerprint density at radius 3 is 2.71 bits per heavy atom. The van der Waals surface area contributed by atoms with Gasteiger partial charge in [-0.15, -0.1) is 0 Å². The Kier molecular flexibility index (Phi) is 5.67. The van der Waals surface area contributed by atoms with Crippen molar-refractivity contribution >= 4 is 28.5 Å². The number of likely N-dealkylation sites (tertiary alicyclic amines) is 1. The van der Waals surface area contributed by atoms with Crippen molar-refractivity contribution in [1.29, 1.82) is 0 Å². The molecule has 0 bridgehead atoms. The van der Waals surface area contributed by atoms with Crippen molar-refractivity contribution in [3.05, 3.63) is 77.9 Å². The lowest BCUT2D eigenvalue weighted by Gasteiger charge is -2.16. The van der Waals surface area contributed by atoms with Crippen LogP contribution >= 0.6 is 0 Å². The number of nitrogens with zero attached hydrogens (tertiary/aromatic N) is 2. The van der Waals surface area contributed by atoms with Crippen LogP contribution in [0.2, 0.25) is 0 Å². The minimum Gasteiger partial charge on any atom is -0.360 e. The number of aromatic amines is 2. The fourth-order valence-corrected chi connectivity index (χ4v) is 4.38. The van der Waals surface area contributed by atoms with Gasteiger partial charge in [0.05, 0.1) is 16.8 Å². The molecule has 172 valence electrons. The summed E-state index contributed by atoms with van der Waals surface area (Å²) in [5.41, 5.74) is 2.19. The van der Waals surface area contributed by atoms with Crippen LogP contribution < -0.4 is 5.32 Å². The molecule has 2 aromatic heterocycles. The normalized spacial score (nSPS) is 15.6. The molecule has 1 aliphatic heterocycles. The predicted molar refractivity (Wildman–Crippen MR) is 124 cm³/mol.